The summed E-state index contributed by atoms with van der Waals surface area (Å²) >= 11 is 0. The number of amides is 1. The fourth-order valence-electron chi connectivity index (χ4n) is 3.87. The molecule has 180 valence electrons. The van der Waals surface area contributed by atoms with E-state index < -0.39 is 5.97 Å². The molecule has 0 saturated carbocycles. The lowest BCUT2D eigenvalue weighted by molar-refractivity contribution is -0.116. The number of furan rings is 1. The lowest BCUT2D eigenvalue weighted by atomic mass is 10.1. The topological polar surface area (TPSA) is 88.8 Å². The second kappa shape index (κ2) is 11.9. The van der Waals surface area contributed by atoms with Crippen LogP contribution in [0.1, 0.15) is 48.9 Å². The fourth-order valence-corrected chi connectivity index (χ4v) is 3.87. The second-order valence-electron chi connectivity index (χ2n) is 8.47. The maximum atomic E-state index is 12.3. The molecule has 6 nitrogen and oxygen atoms in total. The molecule has 0 aliphatic carbocycles. The van der Waals surface area contributed by atoms with E-state index in [1.807, 2.05) is 54.6 Å². The van der Waals surface area contributed by atoms with Gasteiger partial charge in [-0.3, -0.25) is 4.79 Å². The van der Waals surface area contributed by atoms with Crippen LogP contribution >= 0.6 is 0 Å². The molecule has 4 aromatic rings. The monoisotopic (exact) mass is 471 g/mol. The first-order chi connectivity index (χ1) is 17.1. The van der Waals surface area contributed by atoms with E-state index in [-0.39, 0.29) is 11.5 Å². The number of nitrogens with one attached hydrogen (secondary N) is 1. The molecule has 2 N–H and O–H groups in total. The molecule has 0 spiro atoms. The van der Waals surface area contributed by atoms with Crippen LogP contribution in [0.2, 0.25) is 0 Å². The van der Waals surface area contributed by atoms with Crippen molar-refractivity contribution in [2.45, 2.75) is 38.5 Å². The number of ether oxygens (including phenoxy) is 1. The number of fused-ring (bicyclic) bond motifs is 1. The highest BCUT2D eigenvalue weighted by Gasteiger charge is 2.07. The Kier molecular flexibility index (Phi) is 8.17. The Morgan fingerprint density at radius 2 is 1.54 bits per heavy atom. The molecule has 0 saturated heterocycles. The molecule has 3 aromatic carbocycles. The molecule has 0 aliphatic rings. The normalized spacial score (nSPS) is 10.9. The molecular formula is C29H29NO5. The van der Waals surface area contributed by atoms with Crippen LogP contribution in [0.25, 0.3) is 22.3 Å². The van der Waals surface area contributed by atoms with Crippen LogP contribution in [0.3, 0.4) is 0 Å². The van der Waals surface area contributed by atoms with Gasteiger partial charge in [-0.15, -0.1) is 0 Å². The molecule has 6 heteroatoms. The smallest absolute Gasteiger partial charge is 0.335 e. The van der Waals surface area contributed by atoms with Crippen LogP contribution < -0.4 is 10.1 Å². The lowest BCUT2D eigenvalue weighted by Crippen LogP contribution is -2.10. The Morgan fingerprint density at radius 1 is 0.829 bits per heavy atom. The third-order valence-corrected chi connectivity index (χ3v) is 5.80. The van der Waals surface area contributed by atoms with Crippen molar-refractivity contribution in [3.63, 3.8) is 0 Å². The van der Waals surface area contributed by atoms with Gasteiger partial charge in [-0.1, -0.05) is 37.5 Å². The number of carbonyl (C=O) groups excluding carboxylic acids is 1. The minimum absolute atomic E-state index is 0.0228. The molecule has 1 heterocycles. The molecule has 0 aliphatic heterocycles. The van der Waals surface area contributed by atoms with Crippen LogP contribution in [-0.2, 0) is 4.79 Å². The molecule has 1 aromatic heterocycles. The van der Waals surface area contributed by atoms with E-state index in [0.717, 1.165) is 60.1 Å². The van der Waals surface area contributed by atoms with Gasteiger partial charge in [-0.25, -0.2) is 4.79 Å². The van der Waals surface area contributed by atoms with Gasteiger partial charge >= 0.3 is 5.97 Å². The largest absolute Gasteiger partial charge is 0.494 e. The quantitative estimate of drug-likeness (QED) is 0.214. The van der Waals surface area contributed by atoms with Crippen molar-refractivity contribution in [3.8, 4) is 17.1 Å². The molecule has 0 radical (unpaired) electrons. The Hall–Kier alpha value is -4.06. The summed E-state index contributed by atoms with van der Waals surface area (Å²) in [5.74, 6) is 0.569. The van der Waals surface area contributed by atoms with E-state index >= 15 is 0 Å². The maximum Gasteiger partial charge on any atom is 0.335 e. The Bertz CT molecular complexity index is 1230. The minimum atomic E-state index is -0.943. The summed E-state index contributed by atoms with van der Waals surface area (Å²) in [4.78, 5) is 23.1. The molecule has 0 bridgehead atoms. The number of aromatic carboxylic acids is 1. The number of rotatable bonds is 12. The lowest BCUT2D eigenvalue weighted by Gasteiger charge is -2.07. The highest BCUT2D eigenvalue weighted by molar-refractivity contribution is 5.91. The summed E-state index contributed by atoms with van der Waals surface area (Å²) in [5.41, 5.74) is 2.87. The zero-order valence-corrected chi connectivity index (χ0v) is 19.5. The van der Waals surface area contributed by atoms with E-state index in [1.54, 1.807) is 12.1 Å². The standard InChI is InChI=1S/C29H29NO5/c31-28(10-4-2-1-3-7-19-34-25-17-13-22(14-18-25)29(32)33)30-24-15-11-21(12-16-24)27-20-23-8-5-6-9-26(23)35-27/h5-6,8-9,11-18,20H,1-4,7,10,19H2,(H,30,31)(H,32,33). The first-order valence-electron chi connectivity index (χ1n) is 11.9. The van der Waals surface area contributed by atoms with Gasteiger partial charge in [0.15, 0.2) is 0 Å². The number of unbranched alkanes of at least 4 members (excludes halogenated alkanes) is 4. The molecule has 0 atom stereocenters. The van der Waals surface area contributed by atoms with E-state index in [1.165, 1.54) is 12.1 Å². The van der Waals surface area contributed by atoms with Crippen molar-refractivity contribution < 1.29 is 23.8 Å². The van der Waals surface area contributed by atoms with Crippen LogP contribution in [0.15, 0.2) is 83.3 Å². The Balaban J connectivity index is 1.09. The van der Waals surface area contributed by atoms with Gasteiger partial charge in [-0.2, -0.15) is 0 Å². The summed E-state index contributed by atoms with van der Waals surface area (Å²) in [6, 6.07) is 24.1. The van der Waals surface area contributed by atoms with Crippen LogP contribution in [-0.4, -0.2) is 23.6 Å². The molecule has 1 amide bonds. The van der Waals surface area contributed by atoms with E-state index in [2.05, 4.69) is 5.32 Å². The van der Waals surface area contributed by atoms with Crippen molar-refractivity contribution in [3.05, 3.63) is 84.4 Å². The van der Waals surface area contributed by atoms with E-state index in [4.69, 9.17) is 14.3 Å². The molecule has 0 unspecified atom stereocenters. The van der Waals surface area contributed by atoms with Crippen molar-refractivity contribution in [2.75, 3.05) is 11.9 Å². The zero-order valence-electron chi connectivity index (χ0n) is 19.5. The number of anilines is 1. The van der Waals surface area contributed by atoms with Crippen LogP contribution in [0.4, 0.5) is 5.69 Å². The zero-order chi connectivity index (χ0) is 24.5. The van der Waals surface area contributed by atoms with Gasteiger partial charge in [-0.05, 0) is 73.5 Å². The number of carboxylic acids is 1. The predicted octanol–water partition coefficient (Wildman–Crippen LogP) is 7.16. The van der Waals surface area contributed by atoms with Gasteiger partial charge in [0.05, 0.1) is 12.2 Å². The summed E-state index contributed by atoms with van der Waals surface area (Å²) in [6.07, 6.45) is 5.33. The third-order valence-electron chi connectivity index (χ3n) is 5.80. The molecule has 4 rings (SSSR count). The Labute approximate surface area is 204 Å². The molecule has 35 heavy (non-hydrogen) atoms. The number of para-hydroxylation sites is 1. The summed E-state index contributed by atoms with van der Waals surface area (Å²) in [5, 5.41) is 12.9. The summed E-state index contributed by atoms with van der Waals surface area (Å²) in [6.45, 7) is 0.594. The summed E-state index contributed by atoms with van der Waals surface area (Å²) < 4.78 is 11.5. The predicted molar refractivity (Wildman–Crippen MR) is 137 cm³/mol. The fraction of sp³-hybridized carbons (Fsp3) is 0.241. The van der Waals surface area contributed by atoms with Gasteiger partial charge < -0.3 is 19.6 Å². The number of hydrogen-bond acceptors (Lipinski definition) is 4. The highest BCUT2D eigenvalue weighted by atomic mass is 16.5. The molecular weight excluding hydrogens is 442 g/mol. The van der Waals surface area contributed by atoms with E-state index in [9.17, 15) is 9.59 Å². The van der Waals surface area contributed by atoms with Crippen LogP contribution in [0.5, 0.6) is 5.75 Å². The minimum Gasteiger partial charge on any atom is -0.494 e. The highest BCUT2D eigenvalue weighted by Crippen LogP contribution is 2.28. The maximum absolute atomic E-state index is 12.3. The van der Waals surface area contributed by atoms with Gasteiger partial charge in [0.25, 0.3) is 0 Å². The van der Waals surface area contributed by atoms with Crippen LogP contribution in [0, 0.1) is 0 Å². The first kappa shape index (κ1) is 24.1. The van der Waals surface area contributed by atoms with E-state index in [0.29, 0.717) is 18.8 Å². The van der Waals surface area contributed by atoms with Crippen molar-refractivity contribution in [1.29, 1.82) is 0 Å². The van der Waals surface area contributed by atoms with Crippen molar-refractivity contribution in [1.82, 2.24) is 0 Å². The summed E-state index contributed by atoms with van der Waals surface area (Å²) in [7, 11) is 0. The number of carbonyl (C=O) groups is 2. The average Bonchev–Trinajstić information content (AvgIpc) is 3.31. The first-order valence-corrected chi connectivity index (χ1v) is 11.9. The number of benzene rings is 3. The second-order valence-corrected chi connectivity index (χ2v) is 8.47. The van der Waals surface area contributed by atoms with Crippen molar-refractivity contribution >= 4 is 28.5 Å². The SMILES string of the molecule is O=C(CCCCCCCOc1ccc(C(=O)O)cc1)Nc1ccc(-c2cc3ccccc3o2)cc1. The van der Waals surface area contributed by atoms with Gasteiger partial charge in [0, 0.05) is 23.1 Å². The third kappa shape index (κ3) is 6.96. The number of carboxylic acid groups (broad SMARTS) is 1. The van der Waals surface area contributed by atoms with Gasteiger partial charge in [0.2, 0.25) is 5.91 Å². The molecule has 0 fully saturated rings. The Morgan fingerprint density at radius 3 is 2.29 bits per heavy atom. The van der Waals surface area contributed by atoms with Gasteiger partial charge in [0.1, 0.15) is 17.1 Å². The number of hydrogen-bond donors (Lipinski definition) is 2. The average molecular weight is 472 g/mol. The van der Waals surface area contributed by atoms with Crippen molar-refractivity contribution in [2.24, 2.45) is 0 Å².